The molecule has 0 saturated carbocycles. The molecule has 8 heteroatoms. The number of thioether (sulfide) groups is 1. The Morgan fingerprint density at radius 1 is 1.27 bits per heavy atom. The van der Waals surface area contributed by atoms with Gasteiger partial charge in [0.25, 0.3) is 0 Å². The van der Waals surface area contributed by atoms with Crippen molar-refractivity contribution < 1.29 is 0 Å². The Labute approximate surface area is 141 Å². The summed E-state index contributed by atoms with van der Waals surface area (Å²) in [4.78, 5) is 4.66. The molecule has 0 bridgehead atoms. The molecule has 116 valence electrons. The lowest BCUT2D eigenvalue weighted by Gasteiger charge is -2.16. The number of hydrogen-bond donors (Lipinski definition) is 1. The van der Waals surface area contributed by atoms with Crippen LogP contribution in [0.1, 0.15) is 32.3 Å². The quantitative estimate of drug-likeness (QED) is 0.572. The zero-order valence-electron chi connectivity index (χ0n) is 12.6. The third-order valence-corrected chi connectivity index (χ3v) is 5.60. The van der Waals surface area contributed by atoms with E-state index in [-0.39, 0.29) is 5.41 Å². The van der Waals surface area contributed by atoms with Crippen molar-refractivity contribution >= 4 is 34.4 Å². The van der Waals surface area contributed by atoms with Crippen molar-refractivity contribution in [1.82, 2.24) is 19.9 Å². The van der Waals surface area contributed by atoms with Gasteiger partial charge in [-0.1, -0.05) is 32.5 Å². The molecule has 2 N–H and O–H groups in total. The van der Waals surface area contributed by atoms with Gasteiger partial charge < -0.3 is 5.84 Å². The first-order valence-corrected chi connectivity index (χ1v) is 9.56. The van der Waals surface area contributed by atoms with Gasteiger partial charge in [-0.05, 0) is 11.4 Å². The molecule has 0 fully saturated rings. The van der Waals surface area contributed by atoms with Gasteiger partial charge in [0.15, 0.2) is 5.82 Å². The number of nitrogen functional groups attached to an aromatic ring is 1. The predicted octanol–water partition coefficient (Wildman–Crippen LogP) is 3.77. The minimum Gasteiger partial charge on any atom is -0.336 e. The van der Waals surface area contributed by atoms with E-state index in [1.165, 1.54) is 5.56 Å². The normalized spacial score (nSPS) is 12.0. The maximum Gasteiger partial charge on any atom is 0.210 e. The van der Waals surface area contributed by atoms with Gasteiger partial charge in [0.2, 0.25) is 5.16 Å². The fourth-order valence-electron chi connectivity index (χ4n) is 1.92. The van der Waals surface area contributed by atoms with E-state index in [1.54, 1.807) is 39.1 Å². The highest BCUT2D eigenvalue weighted by molar-refractivity contribution is 7.98. The van der Waals surface area contributed by atoms with Gasteiger partial charge in [-0.2, -0.15) is 11.3 Å². The maximum absolute atomic E-state index is 6.09. The number of nitrogens with two attached hydrogens (primary N) is 1. The highest BCUT2D eigenvalue weighted by Gasteiger charge is 2.23. The van der Waals surface area contributed by atoms with Crippen LogP contribution in [0.5, 0.6) is 0 Å². The lowest BCUT2D eigenvalue weighted by Crippen LogP contribution is -2.24. The summed E-state index contributed by atoms with van der Waals surface area (Å²) in [6.45, 7) is 6.22. The summed E-state index contributed by atoms with van der Waals surface area (Å²) < 4.78 is 1.58. The Morgan fingerprint density at radius 3 is 2.73 bits per heavy atom. The number of hydrogen-bond acceptors (Lipinski definition) is 7. The zero-order chi connectivity index (χ0) is 15.7. The standard InChI is InChI=1S/C14H17N5S3/c1-14(2,3)12-17-18-13(19(12)15)22-8-10-7-21-11(16-10)9-4-5-20-6-9/h4-7H,8,15H2,1-3H3. The SMILES string of the molecule is CC(C)(C)c1nnc(SCc2csc(-c3ccsc3)n2)n1N. The fourth-order valence-corrected chi connectivity index (χ4v) is 4.30. The minimum atomic E-state index is -0.118. The summed E-state index contributed by atoms with van der Waals surface area (Å²) in [7, 11) is 0. The first-order chi connectivity index (χ1) is 10.4. The van der Waals surface area contributed by atoms with Crippen LogP contribution < -0.4 is 5.84 Å². The first kappa shape index (κ1) is 15.5. The number of thiazole rings is 1. The molecule has 3 aromatic heterocycles. The molecular formula is C14H17N5S3. The second kappa shape index (κ2) is 6.02. The van der Waals surface area contributed by atoms with Crippen LogP contribution in [-0.2, 0) is 11.2 Å². The van der Waals surface area contributed by atoms with E-state index < -0.39 is 0 Å². The fraction of sp³-hybridized carbons (Fsp3) is 0.357. The molecule has 0 saturated heterocycles. The highest BCUT2D eigenvalue weighted by Crippen LogP contribution is 2.29. The molecule has 0 unspecified atom stereocenters. The molecular weight excluding hydrogens is 334 g/mol. The van der Waals surface area contributed by atoms with E-state index in [0.717, 1.165) is 27.4 Å². The van der Waals surface area contributed by atoms with Crippen molar-refractivity contribution in [3.05, 3.63) is 33.7 Å². The second-order valence-corrected chi connectivity index (χ2v) is 8.45. The van der Waals surface area contributed by atoms with E-state index in [2.05, 4.69) is 58.2 Å². The van der Waals surface area contributed by atoms with Gasteiger partial charge in [-0.3, -0.25) is 0 Å². The number of aromatic nitrogens is 4. The molecule has 3 aromatic rings. The predicted molar refractivity (Wildman–Crippen MR) is 93.9 cm³/mol. The van der Waals surface area contributed by atoms with E-state index in [1.807, 2.05) is 0 Å². The van der Waals surface area contributed by atoms with Crippen molar-refractivity contribution in [2.24, 2.45) is 0 Å². The molecule has 22 heavy (non-hydrogen) atoms. The van der Waals surface area contributed by atoms with Crippen molar-refractivity contribution in [3.8, 4) is 10.6 Å². The monoisotopic (exact) mass is 351 g/mol. The van der Waals surface area contributed by atoms with Crippen molar-refractivity contribution in [2.75, 3.05) is 5.84 Å². The van der Waals surface area contributed by atoms with Crippen LogP contribution in [0.15, 0.2) is 27.4 Å². The van der Waals surface area contributed by atoms with Crippen molar-refractivity contribution in [1.29, 1.82) is 0 Å². The summed E-state index contributed by atoms with van der Waals surface area (Å²) in [5.74, 6) is 7.61. The molecule has 3 heterocycles. The van der Waals surface area contributed by atoms with E-state index in [9.17, 15) is 0 Å². The Balaban J connectivity index is 1.70. The summed E-state index contributed by atoms with van der Waals surface area (Å²) in [5, 5.41) is 16.4. The molecule has 0 spiro atoms. The molecule has 5 nitrogen and oxygen atoms in total. The van der Waals surface area contributed by atoms with Crippen LogP contribution in [0.25, 0.3) is 10.6 Å². The maximum atomic E-state index is 6.09. The average Bonchev–Trinajstić information content (AvgIpc) is 3.16. The molecule has 0 atom stereocenters. The van der Waals surface area contributed by atoms with Gasteiger partial charge in [0.1, 0.15) is 5.01 Å². The first-order valence-electron chi connectivity index (χ1n) is 6.76. The summed E-state index contributed by atoms with van der Waals surface area (Å²) in [5.41, 5.74) is 2.10. The van der Waals surface area contributed by atoms with Crippen molar-refractivity contribution in [3.63, 3.8) is 0 Å². The molecule has 3 rings (SSSR count). The third kappa shape index (κ3) is 3.18. The summed E-state index contributed by atoms with van der Waals surface area (Å²) >= 11 is 4.91. The van der Waals surface area contributed by atoms with Crippen LogP contribution in [0.4, 0.5) is 0 Å². The summed E-state index contributed by atoms with van der Waals surface area (Å²) in [6.07, 6.45) is 0. The molecule has 0 aliphatic carbocycles. The topological polar surface area (TPSA) is 69.6 Å². The average molecular weight is 352 g/mol. The smallest absolute Gasteiger partial charge is 0.210 e. The van der Waals surface area contributed by atoms with Crippen LogP contribution >= 0.6 is 34.4 Å². The van der Waals surface area contributed by atoms with Gasteiger partial charge >= 0.3 is 0 Å². The lowest BCUT2D eigenvalue weighted by molar-refractivity contribution is 0.523. The number of nitrogens with zero attached hydrogens (tertiary/aromatic N) is 4. The van der Waals surface area contributed by atoms with Crippen molar-refractivity contribution in [2.45, 2.75) is 37.1 Å². The van der Waals surface area contributed by atoms with Gasteiger partial charge in [-0.25, -0.2) is 9.66 Å². The van der Waals surface area contributed by atoms with Gasteiger partial charge in [-0.15, -0.1) is 21.5 Å². The van der Waals surface area contributed by atoms with Crippen LogP contribution in [0.3, 0.4) is 0 Å². The number of rotatable bonds is 4. The molecule has 0 aliphatic heterocycles. The minimum absolute atomic E-state index is 0.118. The summed E-state index contributed by atoms with van der Waals surface area (Å²) in [6, 6.07) is 2.09. The zero-order valence-corrected chi connectivity index (χ0v) is 15.1. The Hall–Kier alpha value is -1.38. The van der Waals surface area contributed by atoms with Gasteiger partial charge in [0.05, 0.1) is 5.69 Å². The molecule has 0 aliphatic rings. The lowest BCUT2D eigenvalue weighted by atomic mass is 9.96. The Kier molecular flexibility index (Phi) is 4.24. The number of thiophene rings is 1. The highest BCUT2D eigenvalue weighted by atomic mass is 32.2. The Bertz CT molecular complexity index is 752. The molecule has 0 amide bonds. The Morgan fingerprint density at radius 2 is 2.09 bits per heavy atom. The van der Waals surface area contributed by atoms with E-state index in [4.69, 9.17) is 5.84 Å². The van der Waals surface area contributed by atoms with E-state index in [0.29, 0.717) is 0 Å². The molecule has 0 radical (unpaired) electrons. The van der Waals surface area contributed by atoms with Gasteiger partial charge in [0, 0.05) is 27.5 Å². The van der Waals surface area contributed by atoms with Crippen LogP contribution in [0.2, 0.25) is 0 Å². The van der Waals surface area contributed by atoms with E-state index >= 15 is 0 Å². The largest absolute Gasteiger partial charge is 0.336 e. The molecule has 0 aromatic carbocycles. The second-order valence-electron chi connectivity index (χ2n) is 5.87. The van der Waals surface area contributed by atoms with Crippen LogP contribution in [-0.4, -0.2) is 19.9 Å². The third-order valence-electron chi connectivity index (χ3n) is 3.00. The van der Waals surface area contributed by atoms with Crippen LogP contribution in [0, 0.1) is 0 Å².